The van der Waals surface area contributed by atoms with Gasteiger partial charge in [-0.2, -0.15) is 0 Å². The molecule has 1 aliphatic rings. The number of carbonyl (C=O) groups excluding carboxylic acids is 1. The summed E-state index contributed by atoms with van der Waals surface area (Å²) in [6, 6.07) is -1.46. The van der Waals surface area contributed by atoms with Crippen molar-refractivity contribution in [3.8, 4) is 0 Å². The van der Waals surface area contributed by atoms with Crippen LogP contribution in [-0.2, 0) is 24.3 Å². The number of carboxylic acids is 1. The largest absolute Gasteiger partial charge is 0.480 e. The monoisotopic (exact) mass is 362 g/mol. The van der Waals surface area contributed by atoms with Crippen LogP contribution in [0.3, 0.4) is 0 Å². The molecule has 0 aromatic rings. The topological polar surface area (TPSA) is 122 Å². The van der Waals surface area contributed by atoms with Crippen molar-refractivity contribution in [3.63, 3.8) is 0 Å². The molecule has 0 bridgehead atoms. The van der Waals surface area contributed by atoms with Crippen LogP contribution in [0.5, 0.6) is 0 Å². The lowest BCUT2D eigenvalue weighted by Crippen LogP contribution is -2.48. The van der Waals surface area contributed by atoms with E-state index in [1.165, 1.54) is 6.08 Å². The molecule has 1 atom stereocenters. The summed E-state index contributed by atoms with van der Waals surface area (Å²) < 4.78 is 31.6. The lowest BCUT2D eigenvalue weighted by Gasteiger charge is -2.26. The van der Waals surface area contributed by atoms with E-state index in [0.717, 1.165) is 25.7 Å². The van der Waals surface area contributed by atoms with Crippen LogP contribution in [0.4, 0.5) is 0 Å². The Bertz CT molecular complexity index is 540. The van der Waals surface area contributed by atoms with E-state index in [0.29, 0.717) is 5.92 Å². The first-order valence-corrected chi connectivity index (χ1v) is 9.59. The van der Waals surface area contributed by atoms with Crippen LogP contribution in [0.25, 0.3) is 0 Å². The molecule has 24 heavy (non-hydrogen) atoms. The van der Waals surface area contributed by atoms with E-state index >= 15 is 0 Å². The normalized spacial score (nSPS) is 22.5. The molecule has 1 rings (SSSR count). The molecule has 0 radical (unpaired) electrons. The minimum absolute atomic E-state index is 0.138. The Morgan fingerprint density at radius 2 is 1.96 bits per heavy atom. The molecule has 9 heteroatoms. The van der Waals surface area contributed by atoms with Crippen LogP contribution in [0.15, 0.2) is 12.7 Å². The van der Waals surface area contributed by atoms with Gasteiger partial charge in [0.25, 0.3) is 0 Å². The Labute approximate surface area is 142 Å². The molecule has 8 nitrogen and oxygen atoms in total. The highest BCUT2D eigenvalue weighted by Crippen LogP contribution is 2.23. The van der Waals surface area contributed by atoms with E-state index < -0.39 is 33.7 Å². The molecule has 0 aromatic heterocycles. The van der Waals surface area contributed by atoms with Gasteiger partial charge in [-0.05, 0) is 31.6 Å². The third-order valence-corrected chi connectivity index (χ3v) is 5.17. The zero-order chi connectivity index (χ0) is 18.2. The Balaban J connectivity index is 2.48. The molecule has 138 valence electrons. The number of hydrogen-bond donors (Lipinski definition) is 3. The molecule has 0 saturated heterocycles. The van der Waals surface area contributed by atoms with Gasteiger partial charge in [0, 0.05) is 6.04 Å². The lowest BCUT2D eigenvalue weighted by molar-refractivity contribution is -0.143. The summed E-state index contributed by atoms with van der Waals surface area (Å²) in [5.74, 6) is -2.38. The van der Waals surface area contributed by atoms with Crippen molar-refractivity contribution >= 4 is 21.9 Å². The smallest absolute Gasteiger partial charge is 0.328 e. The minimum Gasteiger partial charge on any atom is -0.480 e. The third kappa shape index (κ3) is 7.89. The highest BCUT2D eigenvalue weighted by molar-refractivity contribution is 7.90. The summed E-state index contributed by atoms with van der Waals surface area (Å²) in [4.78, 5) is 22.9. The van der Waals surface area contributed by atoms with Gasteiger partial charge in [-0.1, -0.05) is 13.0 Å². The molecule has 0 aromatic carbocycles. The molecular formula is C15H26N2O6S. The molecule has 1 fully saturated rings. The second kappa shape index (κ2) is 9.75. The second-order valence-electron chi connectivity index (χ2n) is 6.12. The SMILES string of the molecule is C=CCOCC(NC(=O)CS(=O)(=O)NC1CCC(C)CC1)C(=O)O. The average molecular weight is 362 g/mol. The molecule has 1 aliphatic carbocycles. The maximum Gasteiger partial charge on any atom is 0.328 e. The number of nitrogens with one attached hydrogen (secondary N) is 2. The van der Waals surface area contributed by atoms with E-state index in [-0.39, 0.29) is 19.3 Å². The number of hydrogen-bond acceptors (Lipinski definition) is 5. The number of ether oxygens (including phenoxy) is 1. The van der Waals surface area contributed by atoms with Gasteiger partial charge in [-0.15, -0.1) is 6.58 Å². The standard InChI is InChI=1S/C15H26N2O6S/c1-3-8-23-9-13(15(19)20)16-14(18)10-24(21,22)17-12-6-4-11(2)5-7-12/h3,11-13,17H,1,4-10H2,2H3,(H,16,18)(H,19,20). The average Bonchev–Trinajstić information content (AvgIpc) is 2.47. The van der Waals surface area contributed by atoms with Gasteiger partial charge in [-0.3, -0.25) is 4.79 Å². The zero-order valence-corrected chi connectivity index (χ0v) is 14.7. The van der Waals surface area contributed by atoms with Gasteiger partial charge in [-0.25, -0.2) is 17.9 Å². The summed E-state index contributed by atoms with van der Waals surface area (Å²) in [7, 11) is -3.81. The lowest BCUT2D eigenvalue weighted by atomic mass is 9.88. The number of rotatable bonds is 10. The van der Waals surface area contributed by atoms with Crippen molar-refractivity contribution in [1.82, 2.24) is 10.0 Å². The minimum atomic E-state index is -3.81. The highest BCUT2D eigenvalue weighted by atomic mass is 32.2. The molecule has 1 unspecified atom stereocenters. The predicted octanol–water partition coefficient (Wildman–Crippen LogP) is 0.257. The Morgan fingerprint density at radius 1 is 1.33 bits per heavy atom. The Hall–Kier alpha value is -1.45. The molecule has 0 spiro atoms. The summed E-state index contributed by atoms with van der Waals surface area (Å²) >= 11 is 0. The van der Waals surface area contributed by atoms with Gasteiger partial charge in [0.1, 0.15) is 5.75 Å². The molecule has 0 aliphatic heterocycles. The first-order valence-electron chi connectivity index (χ1n) is 7.94. The van der Waals surface area contributed by atoms with Crippen LogP contribution < -0.4 is 10.0 Å². The van der Waals surface area contributed by atoms with E-state index in [4.69, 9.17) is 9.84 Å². The first-order chi connectivity index (χ1) is 11.2. The van der Waals surface area contributed by atoms with E-state index in [9.17, 15) is 18.0 Å². The van der Waals surface area contributed by atoms with E-state index in [1.807, 2.05) is 0 Å². The number of carboxylic acid groups (broad SMARTS) is 1. The van der Waals surface area contributed by atoms with Crippen LogP contribution in [-0.4, -0.2) is 56.5 Å². The maximum atomic E-state index is 12.0. The third-order valence-electron chi connectivity index (χ3n) is 3.84. The number of carbonyl (C=O) groups is 2. The van der Waals surface area contributed by atoms with Gasteiger partial charge in [0.05, 0.1) is 13.2 Å². The van der Waals surface area contributed by atoms with Gasteiger partial charge < -0.3 is 15.2 Å². The van der Waals surface area contributed by atoms with Gasteiger partial charge >= 0.3 is 5.97 Å². The predicted molar refractivity (Wildman–Crippen MR) is 88.9 cm³/mol. The van der Waals surface area contributed by atoms with Crippen molar-refractivity contribution in [2.24, 2.45) is 5.92 Å². The summed E-state index contributed by atoms with van der Waals surface area (Å²) in [6.07, 6.45) is 4.83. The highest BCUT2D eigenvalue weighted by Gasteiger charge is 2.27. The van der Waals surface area contributed by atoms with Crippen LogP contribution in [0.2, 0.25) is 0 Å². The van der Waals surface area contributed by atoms with E-state index in [1.54, 1.807) is 0 Å². The number of amides is 1. The van der Waals surface area contributed by atoms with Crippen molar-refractivity contribution < 1.29 is 27.9 Å². The maximum absolute atomic E-state index is 12.0. The molecule has 0 heterocycles. The van der Waals surface area contributed by atoms with Crippen LogP contribution >= 0.6 is 0 Å². The Kier molecular flexibility index (Phi) is 8.37. The van der Waals surface area contributed by atoms with Crippen LogP contribution in [0.1, 0.15) is 32.6 Å². The molecule has 1 saturated carbocycles. The fourth-order valence-electron chi connectivity index (χ4n) is 2.53. The van der Waals surface area contributed by atoms with Crippen molar-refractivity contribution in [2.75, 3.05) is 19.0 Å². The zero-order valence-electron chi connectivity index (χ0n) is 13.9. The molecular weight excluding hydrogens is 336 g/mol. The van der Waals surface area contributed by atoms with E-state index in [2.05, 4.69) is 23.5 Å². The Morgan fingerprint density at radius 3 is 2.50 bits per heavy atom. The second-order valence-corrected chi connectivity index (χ2v) is 7.87. The summed E-state index contributed by atoms with van der Waals surface area (Å²) in [5.41, 5.74) is 0. The molecule has 3 N–H and O–H groups in total. The van der Waals surface area contributed by atoms with Gasteiger partial charge in [0.15, 0.2) is 6.04 Å². The first kappa shape index (κ1) is 20.6. The van der Waals surface area contributed by atoms with Crippen molar-refractivity contribution in [3.05, 3.63) is 12.7 Å². The quantitative estimate of drug-likeness (QED) is 0.378. The summed E-state index contributed by atoms with van der Waals surface area (Å²) in [5, 5.41) is 11.2. The fraction of sp³-hybridized carbons (Fsp3) is 0.733. The molecule has 1 amide bonds. The fourth-order valence-corrected chi connectivity index (χ4v) is 3.78. The number of aliphatic carboxylic acids is 1. The van der Waals surface area contributed by atoms with Gasteiger partial charge in [0.2, 0.25) is 15.9 Å². The van der Waals surface area contributed by atoms with Crippen molar-refractivity contribution in [1.29, 1.82) is 0 Å². The van der Waals surface area contributed by atoms with Crippen molar-refractivity contribution in [2.45, 2.75) is 44.7 Å². The summed E-state index contributed by atoms with van der Waals surface area (Å²) in [6.45, 7) is 5.42. The van der Waals surface area contributed by atoms with Crippen LogP contribution in [0, 0.1) is 5.92 Å². The number of sulfonamides is 1.